The quantitative estimate of drug-likeness (QED) is 0.833. The van der Waals surface area contributed by atoms with E-state index in [0.717, 1.165) is 12.1 Å². The molecule has 0 amide bonds. The summed E-state index contributed by atoms with van der Waals surface area (Å²) >= 11 is 0. The Morgan fingerprint density at radius 3 is 1.95 bits per heavy atom. The molecule has 1 aliphatic carbocycles. The predicted molar refractivity (Wildman–Crippen MR) is 72.2 cm³/mol. The van der Waals surface area contributed by atoms with Crippen LogP contribution in [0.4, 0.5) is 13.2 Å². The first-order valence-corrected chi connectivity index (χ1v) is 6.76. The normalized spacial score (nSPS) is 22.6. The van der Waals surface area contributed by atoms with Crippen molar-refractivity contribution in [3.63, 3.8) is 0 Å². The van der Waals surface area contributed by atoms with Crippen molar-refractivity contribution < 1.29 is 18.3 Å². The third-order valence-electron chi connectivity index (χ3n) is 5.36. The summed E-state index contributed by atoms with van der Waals surface area (Å²) < 4.78 is 38.0. The molecule has 4 heteroatoms. The summed E-state index contributed by atoms with van der Waals surface area (Å²) in [4.78, 5) is 0. The zero-order valence-corrected chi connectivity index (χ0v) is 12.5. The van der Waals surface area contributed by atoms with Crippen molar-refractivity contribution in [2.24, 2.45) is 16.7 Å². The second-order valence-electron chi connectivity index (χ2n) is 6.94. The van der Waals surface area contributed by atoms with E-state index >= 15 is 0 Å². The molecule has 1 unspecified atom stereocenters. The highest BCUT2D eigenvalue weighted by Crippen LogP contribution is 2.72. The van der Waals surface area contributed by atoms with Gasteiger partial charge in [-0.2, -0.15) is 13.2 Å². The summed E-state index contributed by atoms with van der Waals surface area (Å²) in [5, 5.41) is 10.5. The smallest absolute Gasteiger partial charge is 0.388 e. The maximum Gasteiger partial charge on any atom is 0.416 e. The highest BCUT2D eigenvalue weighted by atomic mass is 19.4. The van der Waals surface area contributed by atoms with E-state index < -0.39 is 17.8 Å². The Balaban J connectivity index is 2.32. The Morgan fingerprint density at radius 2 is 1.60 bits per heavy atom. The Morgan fingerprint density at radius 1 is 1.10 bits per heavy atom. The number of aryl methyl sites for hydroxylation is 1. The fourth-order valence-corrected chi connectivity index (χ4v) is 3.40. The van der Waals surface area contributed by atoms with Gasteiger partial charge in [0.1, 0.15) is 0 Å². The van der Waals surface area contributed by atoms with Crippen LogP contribution in [0.1, 0.15) is 50.5 Å². The molecule has 1 atom stereocenters. The Hall–Kier alpha value is -1.03. The minimum absolute atomic E-state index is 0.0123. The molecule has 0 radical (unpaired) electrons. The summed E-state index contributed by atoms with van der Waals surface area (Å²) in [6, 6.07) is 3.57. The molecule has 1 aromatic carbocycles. The molecule has 112 valence electrons. The van der Waals surface area contributed by atoms with Crippen molar-refractivity contribution in [3.05, 3.63) is 34.9 Å². The maximum absolute atomic E-state index is 12.7. The fraction of sp³-hybridized carbons (Fsp3) is 0.625. The van der Waals surface area contributed by atoms with E-state index in [1.54, 1.807) is 6.92 Å². The molecule has 1 fully saturated rings. The summed E-state index contributed by atoms with van der Waals surface area (Å²) in [6.07, 6.45) is -5.06. The lowest BCUT2D eigenvalue weighted by Crippen LogP contribution is -2.10. The monoisotopic (exact) mass is 286 g/mol. The van der Waals surface area contributed by atoms with E-state index in [2.05, 4.69) is 27.7 Å². The number of hydrogen-bond donors (Lipinski definition) is 1. The van der Waals surface area contributed by atoms with E-state index in [1.807, 2.05) is 0 Å². The topological polar surface area (TPSA) is 20.2 Å². The number of alkyl halides is 3. The fourth-order valence-electron chi connectivity index (χ4n) is 3.40. The first-order chi connectivity index (χ1) is 8.90. The van der Waals surface area contributed by atoms with Crippen LogP contribution >= 0.6 is 0 Å². The van der Waals surface area contributed by atoms with Gasteiger partial charge >= 0.3 is 6.18 Å². The van der Waals surface area contributed by atoms with Gasteiger partial charge in [-0.25, -0.2) is 0 Å². The van der Waals surface area contributed by atoms with Gasteiger partial charge in [0.05, 0.1) is 11.7 Å². The largest absolute Gasteiger partial charge is 0.416 e. The molecule has 20 heavy (non-hydrogen) atoms. The second kappa shape index (κ2) is 4.23. The van der Waals surface area contributed by atoms with Gasteiger partial charge in [0.25, 0.3) is 0 Å². The number of aliphatic hydroxyl groups excluding tert-OH is 1. The van der Waals surface area contributed by atoms with Crippen molar-refractivity contribution >= 4 is 0 Å². The first-order valence-electron chi connectivity index (χ1n) is 6.76. The minimum atomic E-state index is -4.34. The van der Waals surface area contributed by atoms with Crippen LogP contribution in [0.3, 0.4) is 0 Å². The molecular formula is C16H21F3O. The van der Waals surface area contributed by atoms with E-state index in [1.165, 1.54) is 6.07 Å². The molecule has 0 bridgehead atoms. The van der Waals surface area contributed by atoms with Crippen molar-refractivity contribution in [1.29, 1.82) is 0 Å². The minimum Gasteiger partial charge on any atom is -0.388 e. The molecule has 2 rings (SSSR count). The molecule has 0 aliphatic heterocycles. The van der Waals surface area contributed by atoms with Crippen LogP contribution in [0.15, 0.2) is 18.2 Å². The van der Waals surface area contributed by atoms with Crippen LogP contribution in [-0.2, 0) is 6.18 Å². The lowest BCUT2D eigenvalue weighted by atomic mass is 9.94. The van der Waals surface area contributed by atoms with Crippen LogP contribution in [0.2, 0.25) is 0 Å². The zero-order valence-electron chi connectivity index (χ0n) is 12.5. The molecule has 1 saturated carbocycles. The van der Waals surface area contributed by atoms with Crippen molar-refractivity contribution in [3.8, 4) is 0 Å². The molecule has 0 saturated heterocycles. The van der Waals surface area contributed by atoms with E-state index in [9.17, 15) is 18.3 Å². The number of aliphatic hydroxyl groups is 1. The number of halogens is 3. The second-order valence-corrected chi connectivity index (χ2v) is 6.94. The molecule has 1 N–H and O–H groups in total. The van der Waals surface area contributed by atoms with Gasteiger partial charge in [-0.3, -0.25) is 0 Å². The molecule has 0 heterocycles. The third kappa shape index (κ3) is 2.14. The van der Waals surface area contributed by atoms with Crippen LogP contribution in [0.25, 0.3) is 0 Å². The van der Waals surface area contributed by atoms with Crippen LogP contribution in [-0.4, -0.2) is 5.11 Å². The van der Waals surface area contributed by atoms with Gasteiger partial charge in [-0.1, -0.05) is 33.8 Å². The average Bonchev–Trinajstić information content (AvgIpc) is 2.67. The third-order valence-corrected chi connectivity index (χ3v) is 5.36. The van der Waals surface area contributed by atoms with Crippen molar-refractivity contribution in [2.45, 2.75) is 46.9 Å². The maximum atomic E-state index is 12.7. The van der Waals surface area contributed by atoms with E-state index in [-0.39, 0.29) is 16.7 Å². The SMILES string of the molecule is Cc1cc(C(F)(F)F)ccc1C(O)C1C(C)(C)C1(C)C. The molecular weight excluding hydrogens is 265 g/mol. The zero-order chi connectivity index (χ0) is 15.5. The van der Waals surface area contributed by atoms with Crippen LogP contribution in [0, 0.1) is 23.7 Å². The summed E-state index contributed by atoms with van der Waals surface area (Å²) in [7, 11) is 0. The molecule has 1 nitrogen and oxygen atoms in total. The number of rotatable bonds is 2. The Labute approximate surface area is 117 Å². The Bertz CT molecular complexity index is 515. The van der Waals surface area contributed by atoms with Gasteiger partial charge in [0.15, 0.2) is 0 Å². The summed E-state index contributed by atoms with van der Waals surface area (Å²) in [5.74, 6) is 0.0606. The standard InChI is InChI=1S/C16H21F3O/c1-9-8-10(16(17,18)19)6-7-11(9)12(20)13-14(2,3)15(13,4)5/h6-8,12-13,20H,1-5H3. The molecule has 0 spiro atoms. The highest BCUT2D eigenvalue weighted by Gasteiger charge is 2.67. The lowest BCUT2D eigenvalue weighted by Gasteiger charge is -2.17. The van der Waals surface area contributed by atoms with Gasteiger partial charge in [0, 0.05) is 5.92 Å². The predicted octanol–water partition coefficient (Wildman–Crippen LogP) is 4.73. The number of hydrogen-bond acceptors (Lipinski definition) is 1. The lowest BCUT2D eigenvalue weighted by molar-refractivity contribution is -0.137. The summed E-state index contributed by atoms with van der Waals surface area (Å²) in [5.41, 5.74) is 0.399. The highest BCUT2D eigenvalue weighted by molar-refractivity contribution is 5.36. The molecule has 1 aromatic rings. The van der Waals surface area contributed by atoms with E-state index in [4.69, 9.17) is 0 Å². The number of benzene rings is 1. The summed E-state index contributed by atoms with van der Waals surface area (Å²) in [6.45, 7) is 9.96. The average molecular weight is 286 g/mol. The van der Waals surface area contributed by atoms with Gasteiger partial charge in [-0.05, 0) is 41.0 Å². The van der Waals surface area contributed by atoms with Crippen molar-refractivity contribution in [2.75, 3.05) is 0 Å². The molecule has 0 aromatic heterocycles. The Kier molecular flexibility index (Phi) is 3.25. The van der Waals surface area contributed by atoms with Crippen LogP contribution < -0.4 is 0 Å². The van der Waals surface area contributed by atoms with E-state index in [0.29, 0.717) is 11.1 Å². The van der Waals surface area contributed by atoms with Gasteiger partial charge < -0.3 is 5.11 Å². The van der Waals surface area contributed by atoms with Crippen LogP contribution in [0.5, 0.6) is 0 Å². The first kappa shape index (κ1) is 15.4. The van der Waals surface area contributed by atoms with Gasteiger partial charge in [0.2, 0.25) is 0 Å². The molecule has 1 aliphatic rings. The van der Waals surface area contributed by atoms with Crippen molar-refractivity contribution in [1.82, 2.24) is 0 Å². The van der Waals surface area contributed by atoms with Gasteiger partial charge in [-0.15, -0.1) is 0 Å².